The molecule has 1 aromatic heterocycles. The molecule has 1 aromatic carbocycles. The van der Waals surface area contributed by atoms with Crippen molar-refractivity contribution in [3.05, 3.63) is 60.4 Å². The van der Waals surface area contributed by atoms with E-state index in [1.54, 1.807) is 18.6 Å². The zero-order valence-electron chi connectivity index (χ0n) is 22.4. The molecule has 3 rings (SSSR count). The Hall–Kier alpha value is -3.48. The van der Waals surface area contributed by atoms with E-state index in [0.29, 0.717) is 6.54 Å². The maximum Gasteiger partial charge on any atom is 0.253 e. The Morgan fingerprint density at radius 1 is 0.974 bits per heavy atom. The van der Waals surface area contributed by atoms with Crippen molar-refractivity contribution < 1.29 is 9.53 Å². The standard InChI is InChI=1S/C29H41N7O2/c30-25-33-29(31)36(27-14-10-15-32-24-27)19-9-4-2-1-3-8-17-35(28(37)26-12-6-5-7-13-26)18-11-16-34-20-22-38-23-21-34/h5-7,10,12-15,24H,1-4,8-9,11,16-23H2,(H2,31,33). The highest BCUT2D eigenvalue weighted by Gasteiger charge is 2.16. The van der Waals surface area contributed by atoms with E-state index in [9.17, 15) is 4.79 Å². The molecule has 1 fully saturated rings. The van der Waals surface area contributed by atoms with Crippen LogP contribution in [0.5, 0.6) is 0 Å². The van der Waals surface area contributed by atoms with Crippen molar-refractivity contribution in [1.82, 2.24) is 14.8 Å². The summed E-state index contributed by atoms with van der Waals surface area (Å²) in [6.07, 6.45) is 12.5. The molecule has 0 saturated carbocycles. The van der Waals surface area contributed by atoms with E-state index in [1.165, 1.54) is 0 Å². The van der Waals surface area contributed by atoms with E-state index in [4.69, 9.17) is 15.7 Å². The van der Waals surface area contributed by atoms with Gasteiger partial charge in [0.25, 0.3) is 5.91 Å². The lowest BCUT2D eigenvalue weighted by Crippen LogP contribution is -2.39. The fourth-order valence-corrected chi connectivity index (χ4v) is 4.67. The van der Waals surface area contributed by atoms with Crippen molar-refractivity contribution in [1.29, 1.82) is 5.26 Å². The molecule has 9 nitrogen and oxygen atoms in total. The Labute approximate surface area is 226 Å². The number of hydrogen-bond acceptors (Lipinski definition) is 6. The highest BCUT2D eigenvalue weighted by Crippen LogP contribution is 2.15. The number of nitrogens with zero attached hydrogens (tertiary/aromatic N) is 6. The van der Waals surface area contributed by atoms with Gasteiger partial charge >= 0.3 is 0 Å². The monoisotopic (exact) mass is 519 g/mol. The number of nitriles is 1. The van der Waals surface area contributed by atoms with Crippen LogP contribution in [-0.4, -0.2) is 79.1 Å². The van der Waals surface area contributed by atoms with Gasteiger partial charge in [0.05, 0.1) is 25.1 Å². The lowest BCUT2D eigenvalue weighted by atomic mass is 10.1. The third-order valence-electron chi connectivity index (χ3n) is 6.77. The van der Waals surface area contributed by atoms with E-state index < -0.39 is 0 Å². The van der Waals surface area contributed by atoms with E-state index in [2.05, 4.69) is 14.9 Å². The smallest absolute Gasteiger partial charge is 0.253 e. The molecule has 0 bridgehead atoms. The third kappa shape index (κ3) is 10.1. The van der Waals surface area contributed by atoms with Gasteiger partial charge in [-0.15, -0.1) is 4.99 Å². The minimum Gasteiger partial charge on any atom is -0.379 e. The molecule has 0 atom stereocenters. The normalized spacial score (nSPS) is 14.1. The number of benzene rings is 1. The number of unbranched alkanes of at least 4 members (excludes halogenated alkanes) is 5. The topological polar surface area (TPSA) is 111 Å². The summed E-state index contributed by atoms with van der Waals surface area (Å²) < 4.78 is 5.44. The number of ether oxygens (including phenoxy) is 1. The van der Waals surface area contributed by atoms with Gasteiger partial charge in [-0.2, -0.15) is 5.26 Å². The minimum atomic E-state index is 0.125. The molecule has 204 valence electrons. The van der Waals surface area contributed by atoms with Gasteiger partial charge in [0.2, 0.25) is 12.2 Å². The Kier molecular flexibility index (Phi) is 13.1. The van der Waals surface area contributed by atoms with Crippen molar-refractivity contribution in [3.63, 3.8) is 0 Å². The Bertz CT molecular complexity index is 1000. The first-order valence-electron chi connectivity index (χ1n) is 13.7. The van der Waals surface area contributed by atoms with E-state index in [-0.39, 0.29) is 11.9 Å². The molecule has 9 heteroatoms. The maximum atomic E-state index is 13.2. The number of nitrogens with two attached hydrogens (primary N) is 1. The molecule has 1 amide bonds. The van der Waals surface area contributed by atoms with Crippen LogP contribution in [0, 0.1) is 11.5 Å². The molecule has 0 aliphatic carbocycles. The second-order valence-electron chi connectivity index (χ2n) is 9.52. The van der Waals surface area contributed by atoms with Crippen molar-refractivity contribution in [2.45, 2.75) is 44.9 Å². The fraction of sp³-hybridized carbons (Fsp3) is 0.517. The van der Waals surface area contributed by atoms with Crippen molar-refractivity contribution >= 4 is 17.6 Å². The molecular formula is C29H41N7O2. The van der Waals surface area contributed by atoms with Gasteiger partial charge < -0.3 is 20.3 Å². The molecule has 0 unspecified atom stereocenters. The molecule has 0 radical (unpaired) electrons. The first-order valence-corrected chi connectivity index (χ1v) is 13.7. The maximum absolute atomic E-state index is 13.2. The molecule has 2 aromatic rings. The second-order valence-corrected chi connectivity index (χ2v) is 9.52. The highest BCUT2D eigenvalue weighted by molar-refractivity contribution is 5.95. The van der Waals surface area contributed by atoms with Gasteiger partial charge in [-0.25, -0.2) is 0 Å². The number of aliphatic imine (C=N–C) groups is 1. The number of pyridine rings is 1. The van der Waals surface area contributed by atoms with Crippen molar-refractivity contribution in [3.8, 4) is 6.19 Å². The first kappa shape index (κ1) is 29.1. The molecule has 2 heterocycles. The predicted octanol–water partition coefficient (Wildman–Crippen LogP) is 3.89. The van der Waals surface area contributed by atoms with Crippen LogP contribution in [0.4, 0.5) is 5.69 Å². The Morgan fingerprint density at radius 3 is 2.34 bits per heavy atom. The summed E-state index contributed by atoms with van der Waals surface area (Å²) in [5.41, 5.74) is 7.59. The predicted molar refractivity (Wildman–Crippen MR) is 151 cm³/mol. The molecule has 38 heavy (non-hydrogen) atoms. The summed E-state index contributed by atoms with van der Waals surface area (Å²) in [4.78, 5) is 27.3. The SMILES string of the molecule is N#CN=C(N)N(CCCCCCCCN(CCCN1CCOCC1)C(=O)c1ccccc1)c1cccnc1. The van der Waals surface area contributed by atoms with E-state index in [0.717, 1.165) is 102 Å². The average molecular weight is 520 g/mol. The highest BCUT2D eigenvalue weighted by atomic mass is 16.5. The molecule has 1 saturated heterocycles. The summed E-state index contributed by atoms with van der Waals surface area (Å²) in [6, 6.07) is 13.4. The van der Waals surface area contributed by atoms with Crippen LogP contribution >= 0.6 is 0 Å². The number of amides is 1. The van der Waals surface area contributed by atoms with Crippen LogP contribution in [0.1, 0.15) is 55.3 Å². The average Bonchev–Trinajstić information content (AvgIpc) is 2.96. The van der Waals surface area contributed by atoms with Crippen molar-refractivity contribution in [2.75, 3.05) is 57.4 Å². The van der Waals surface area contributed by atoms with Gasteiger partial charge in [-0.3, -0.25) is 14.7 Å². The van der Waals surface area contributed by atoms with Crippen LogP contribution < -0.4 is 10.6 Å². The number of rotatable bonds is 15. The second kappa shape index (κ2) is 17.1. The zero-order valence-corrected chi connectivity index (χ0v) is 22.4. The number of aromatic nitrogens is 1. The largest absolute Gasteiger partial charge is 0.379 e. The first-order chi connectivity index (χ1) is 18.7. The third-order valence-corrected chi connectivity index (χ3v) is 6.77. The summed E-state index contributed by atoms with van der Waals surface area (Å²) in [5, 5.41) is 8.88. The minimum absolute atomic E-state index is 0.125. The van der Waals surface area contributed by atoms with Crippen LogP contribution in [0.2, 0.25) is 0 Å². The number of carbonyl (C=O) groups excluding carboxylic acids is 1. The molecular weight excluding hydrogens is 478 g/mol. The van der Waals surface area contributed by atoms with Gasteiger partial charge in [0.15, 0.2) is 0 Å². The molecule has 0 spiro atoms. The summed E-state index contributed by atoms with van der Waals surface area (Å²) >= 11 is 0. The molecule has 1 aliphatic rings. The number of hydrogen-bond donors (Lipinski definition) is 1. The fourth-order valence-electron chi connectivity index (χ4n) is 4.67. The number of carbonyl (C=O) groups is 1. The molecule has 2 N–H and O–H groups in total. The van der Waals surface area contributed by atoms with Crippen LogP contribution in [0.15, 0.2) is 59.9 Å². The Balaban J connectivity index is 1.38. The van der Waals surface area contributed by atoms with Crippen molar-refractivity contribution in [2.24, 2.45) is 10.7 Å². The van der Waals surface area contributed by atoms with Gasteiger partial charge in [0, 0.05) is 51.0 Å². The quantitative estimate of drug-likeness (QED) is 0.164. The van der Waals surface area contributed by atoms with Gasteiger partial charge in [0.1, 0.15) is 0 Å². The number of guanidine groups is 1. The van der Waals surface area contributed by atoms with Gasteiger partial charge in [-0.1, -0.05) is 43.9 Å². The van der Waals surface area contributed by atoms with E-state index in [1.807, 2.05) is 52.3 Å². The van der Waals surface area contributed by atoms with E-state index >= 15 is 0 Å². The lowest BCUT2D eigenvalue weighted by molar-refractivity contribution is 0.0357. The lowest BCUT2D eigenvalue weighted by Gasteiger charge is -2.28. The van der Waals surface area contributed by atoms with Crippen LogP contribution in [0.25, 0.3) is 0 Å². The summed E-state index contributed by atoms with van der Waals surface area (Å²) in [5.74, 6) is 0.317. The summed E-state index contributed by atoms with van der Waals surface area (Å²) in [7, 11) is 0. The van der Waals surface area contributed by atoms with Crippen LogP contribution in [0.3, 0.4) is 0 Å². The summed E-state index contributed by atoms with van der Waals surface area (Å²) in [6.45, 7) is 6.80. The number of anilines is 1. The number of morpholine rings is 1. The van der Waals surface area contributed by atoms with Crippen LogP contribution in [-0.2, 0) is 4.74 Å². The zero-order chi connectivity index (χ0) is 26.8. The Morgan fingerprint density at radius 2 is 1.66 bits per heavy atom. The molecule has 1 aliphatic heterocycles. The van der Waals surface area contributed by atoms with Gasteiger partial charge in [-0.05, 0) is 43.5 Å².